The van der Waals surface area contributed by atoms with Crippen LogP contribution >= 0.6 is 0 Å². The molecule has 1 aliphatic carbocycles. The normalized spacial score (nSPS) is 24.0. The van der Waals surface area contributed by atoms with Crippen molar-refractivity contribution in [2.75, 3.05) is 13.2 Å². The zero-order valence-electron chi connectivity index (χ0n) is 11.2. The summed E-state index contributed by atoms with van der Waals surface area (Å²) in [4.78, 5) is 8.77. The molecule has 2 aromatic rings. The third-order valence-electron chi connectivity index (χ3n) is 4.23. The van der Waals surface area contributed by atoms with E-state index in [0.717, 1.165) is 0 Å². The van der Waals surface area contributed by atoms with Crippen LogP contribution in [-0.2, 0) is 0 Å². The minimum Gasteiger partial charge on any atom is -0.474 e. The van der Waals surface area contributed by atoms with Gasteiger partial charge in [0.2, 0.25) is 11.8 Å². The van der Waals surface area contributed by atoms with E-state index in [-0.39, 0.29) is 0 Å². The third kappa shape index (κ3) is 2.01. The first kappa shape index (κ1) is 11.7. The van der Waals surface area contributed by atoms with Crippen LogP contribution in [0.4, 0.5) is 0 Å². The van der Waals surface area contributed by atoms with Gasteiger partial charge in [-0.1, -0.05) is 12.1 Å². The Morgan fingerprint density at radius 3 is 1.60 bits per heavy atom. The molecule has 1 saturated carbocycles. The molecule has 0 radical (unpaired) electrons. The fourth-order valence-corrected chi connectivity index (χ4v) is 2.98. The monoisotopic (exact) mass is 268 g/mol. The van der Waals surface area contributed by atoms with Gasteiger partial charge in [0.25, 0.3) is 0 Å². The fourth-order valence-electron chi connectivity index (χ4n) is 2.98. The van der Waals surface area contributed by atoms with Crippen molar-refractivity contribution >= 4 is 0 Å². The first-order chi connectivity index (χ1) is 9.90. The van der Waals surface area contributed by atoms with E-state index >= 15 is 0 Å². The molecule has 1 fully saturated rings. The Bertz CT molecular complexity index is 539. The molecular formula is C16H16N2O2. The highest BCUT2D eigenvalue weighted by Crippen LogP contribution is 2.48. The van der Waals surface area contributed by atoms with E-state index in [2.05, 4.69) is 22.1 Å². The molecule has 5 aliphatic rings. The first-order valence-electron chi connectivity index (χ1n) is 7.08. The maximum Gasteiger partial charge on any atom is 0.213 e. The van der Waals surface area contributed by atoms with Crippen LogP contribution < -0.4 is 9.47 Å². The molecule has 0 N–H and O–H groups in total. The standard InChI is InChI=1S/C16H16N2O2/c1-5-15-17-9-11(1)13-3-4-14(13)12-2-6-16(18-10-12)20-8-7-19-15/h1-2,5-6,9-10,13-14H,3-4,7-8H2/t13-,14+. The quantitative estimate of drug-likeness (QED) is 0.737. The second kappa shape index (κ2) is 4.78. The summed E-state index contributed by atoms with van der Waals surface area (Å²) in [6, 6.07) is 8.17. The molecule has 7 rings (SSSR count). The van der Waals surface area contributed by atoms with E-state index in [1.165, 1.54) is 24.0 Å². The van der Waals surface area contributed by atoms with Crippen LogP contribution in [0.25, 0.3) is 0 Å². The molecule has 2 atom stereocenters. The molecule has 2 aromatic heterocycles. The van der Waals surface area contributed by atoms with Crippen molar-refractivity contribution in [1.82, 2.24) is 9.97 Å². The first-order valence-corrected chi connectivity index (χ1v) is 7.08. The molecule has 4 bridgehead atoms. The van der Waals surface area contributed by atoms with Gasteiger partial charge in [0.05, 0.1) is 0 Å². The summed E-state index contributed by atoms with van der Waals surface area (Å²) >= 11 is 0. The number of ether oxygens (including phenoxy) is 2. The Labute approximate surface area is 117 Å². The Morgan fingerprint density at radius 2 is 1.25 bits per heavy atom. The van der Waals surface area contributed by atoms with Gasteiger partial charge >= 0.3 is 0 Å². The van der Waals surface area contributed by atoms with Gasteiger partial charge in [-0.15, -0.1) is 0 Å². The van der Waals surface area contributed by atoms with Crippen LogP contribution in [0.5, 0.6) is 11.8 Å². The van der Waals surface area contributed by atoms with Crippen LogP contribution in [0.15, 0.2) is 36.7 Å². The van der Waals surface area contributed by atoms with Gasteiger partial charge in [0.15, 0.2) is 0 Å². The van der Waals surface area contributed by atoms with Gasteiger partial charge in [0.1, 0.15) is 13.2 Å². The number of nitrogens with zero attached hydrogens (tertiary/aromatic N) is 2. The lowest BCUT2D eigenvalue weighted by molar-refractivity contribution is 0.206. The van der Waals surface area contributed by atoms with Crippen molar-refractivity contribution in [3.63, 3.8) is 0 Å². The maximum atomic E-state index is 5.56. The van der Waals surface area contributed by atoms with Crippen LogP contribution in [0.3, 0.4) is 0 Å². The van der Waals surface area contributed by atoms with E-state index < -0.39 is 0 Å². The van der Waals surface area contributed by atoms with Crippen molar-refractivity contribution in [2.24, 2.45) is 0 Å². The minimum absolute atomic E-state index is 0.474. The van der Waals surface area contributed by atoms with E-state index in [1.807, 2.05) is 24.5 Å². The lowest BCUT2D eigenvalue weighted by atomic mass is 9.67. The van der Waals surface area contributed by atoms with Gasteiger partial charge in [-0.2, -0.15) is 0 Å². The van der Waals surface area contributed by atoms with E-state index in [4.69, 9.17) is 9.47 Å². The summed E-state index contributed by atoms with van der Waals surface area (Å²) in [5.41, 5.74) is 2.59. The molecule has 6 heterocycles. The van der Waals surface area contributed by atoms with Crippen molar-refractivity contribution in [3.8, 4) is 11.8 Å². The number of hydrogen-bond acceptors (Lipinski definition) is 4. The number of aromatic nitrogens is 2. The third-order valence-corrected chi connectivity index (χ3v) is 4.23. The Kier molecular flexibility index (Phi) is 2.80. The molecule has 4 heteroatoms. The molecule has 0 amide bonds. The van der Waals surface area contributed by atoms with Gasteiger partial charge in [-0.05, 0) is 35.8 Å². The summed E-state index contributed by atoms with van der Waals surface area (Å²) in [5.74, 6) is 2.42. The second-order valence-electron chi connectivity index (χ2n) is 5.35. The highest BCUT2D eigenvalue weighted by Gasteiger charge is 2.33. The Balaban J connectivity index is 1.71. The molecule has 4 aliphatic heterocycles. The number of pyridine rings is 2. The lowest BCUT2D eigenvalue weighted by Gasteiger charge is -2.37. The van der Waals surface area contributed by atoms with Crippen LogP contribution in [0.2, 0.25) is 0 Å². The van der Waals surface area contributed by atoms with Gasteiger partial charge < -0.3 is 9.47 Å². The highest BCUT2D eigenvalue weighted by atomic mass is 16.5. The molecule has 102 valence electrons. The topological polar surface area (TPSA) is 44.2 Å². The highest BCUT2D eigenvalue weighted by molar-refractivity contribution is 5.32. The van der Waals surface area contributed by atoms with Crippen molar-refractivity contribution < 1.29 is 9.47 Å². The summed E-state index contributed by atoms with van der Waals surface area (Å²) in [6.07, 6.45) is 6.32. The Morgan fingerprint density at radius 1 is 0.750 bits per heavy atom. The summed E-state index contributed by atoms with van der Waals surface area (Å²) in [5, 5.41) is 0. The number of rotatable bonds is 0. The van der Waals surface area contributed by atoms with Gasteiger partial charge in [0, 0.05) is 24.5 Å². The summed E-state index contributed by atoms with van der Waals surface area (Å²) in [7, 11) is 0. The smallest absolute Gasteiger partial charge is 0.213 e. The second-order valence-corrected chi connectivity index (χ2v) is 5.35. The fraction of sp³-hybridized carbons (Fsp3) is 0.375. The molecule has 0 saturated heterocycles. The zero-order chi connectivity index (χ0) is 13.4. The van der Waals surface area contributed by atoms with Gasteiger partial charge in [-0.3, -0.25) is 0 Å². The van der Waals surface area contributed by atoms with Gasteiger partial charge in [-0.25, -0.2) is 9.97 Å². The summed E-state index contributed by atoms with van der Waals surface area (Å²) in [6.45, 7) is 0.948. The maximum absolute atomic E-state index is 5.56. The predicted molar refractivity (Wildman–Crippen MR) is 74.2 cm³/mol. The average Bonchev–Trinajstić information content (AvgIpc) is 2.45. The summed E-state index contributed by atoms with van der Waals surface area (Å²) < 4.78 is 11.1. The SMILES string of the molecule is c1cc2ncc1[C@H]1CC[C@H]1c1ccc(nc1)OCCO2. The van der Waals surface area contributed by atoms with Crippen LogP contribution in [-0.4, -0.2) is 23.2 Å². The molecule has 4 nitrogen and oxygen atoms in total. The largest absolute Gasteiger partial charge is 0.474 e. The molecule has 0 aromatic carbocycles. The number of hydrogen-bond donors (Lipinski definition) is 0. The van der Waals surface area contributed by atoms with E-state index in [9.17, 15) is 0 Å². The van der Waals surface area contributed by atoms with Crippen LogP contribution in [0.1, 0.15) is 35.8 Å². The molecule has 20 heavy (non-hydrogen) atoms. The molecule has 0 spiro atoms. The predicted octanol–water partition coefficient (Wildman–Crippen LogP) is 2.91. The Hall–Kier alpha value is -2.10. The van der Waals surface area contributed by atoms with Crippen molar-refractivity contribution in [3.05, 3.63) is 47.8 Å². The van der Waals surface area contributed by atoms with E-state index in [0.29, 0.717) is 36.8 Å². The lowest BCUT2D eigenvalue weighted by Crippen LogP contribution is -2.22. The van der Waals surface area contributed by atoms with Crippen LogP contribution in [0, 0.1) is 0 Å². The van der Waals surface area contributed by atoms with Crippen molar-refractivity contribution in [2.45, 2.75) is 24.7 Å². The average molecular weight is 268 g/mol. The molecule has 0 unspecified atom stereocenters. The zero-order valence-corrected chi connectivity index (χ0v) is 11.2. The minimum atomic E-state index is 0.474. The van der Waals surface area contributed by atoms with Crippen molar-refractivity contribution in [1.29, 1.82) is 0 Å². The van der Waals surface area contributed by atoms with E-state index in [1.54, 1.807) is 0 Å². The molecular weight excluding hydrogens is 252 g/mol.